The summed E-state index contributed by atoms with van der Waals surface area (Å²) in [5.41, 5.74) is 10.8. The van der Waals surface area contributed by atoms with Crippen molar-refractivity contribution in [2.45, 2.75) is 39.0 Å². The number of pyridine rings is 1. The van der Waals surface area contributed by atoms with Crippen molar-refractivity contribution < 1.29 is 0 Å². The number of aromatic amines is 1. The minimum atomic E-state index is 0.491. The first-order chi connectivity index (χ1) is 13.2. The van der Waals surface area contributed by atoms with Gasteiger partial charge >= 0.3 is 0 Å². The number of anilines is 1. The smallest absolute Gasteiger partial charge is 0.134 e. The van der Waals surface area contributed by atoms with Crippen LogP contribution in [0.1, 0.15) is 39.0 Å². The fourth-order valence-corrected chi connectivity index (χ4v) is 3.65. The zero-order valence-corrected chi connectivity index (χ0v) is 15.7. The average Bonchev–Trinajstić information content (AvgIpc) is 3.17. The van der Waals surface area contributed by atoms with Crippen molar-refractivity contribution in [3.05, 3.63) is 49.1 Å². The molecule has 0 saturated heterocycles. The number of benzene rings is 1. The van der Waals surface area contributed by atoms with E-state index in [9.17, 15) is 0 Å². The van der Waals surface area contributed by atoms with Gasteiger partial charge in [0.25, 0.3) is 0 Å². The number of nitrogens with zero attached hydrogens (tertiary/aromatic N) is 3. The number of nitrogen functional groups attached to an aromatic ring is 1. The zero-order chi connectivity index (χ0) is 18.6. The fraction of sp³-hybridized carbons (Fsp3) is 0.318. The summed E-state index contributed by atoms with van der Waals surface area (Å²) in [5.74, 6) is 1.53. The highest BCUT2D eigenvalue weighted by Crippen LogP contribution is 2.27. The van der Waals surface area contributed by atoms with Gasteiger partial charge in [-0.1, -0.05) is 45.1 Å². The lowest BCUT2D eigenvalue weighted by Gasteiger charge is -2.15. The van der Waals surface area contributed by atoms with Gasteiger partial charge in [0.15, 0.2) is 0 Å². The molecular formula is C22H25N5. The molecule has 0 atom stereocenters. The third-order valence-corrected chi connectivity index (χ3v) is 5.29. The van der Waals surface area contributed by atoms with Crippen LogP contribution in [0.5, 0.6) is 0 Å². The Labute approximate surface area is 159 Å². The van der Waals surface area contributed by atoms with E-state index in [4.69, 9.17) is 5.73 Å². The number of nitrogens with one attached hydrogen (secondary N) is 1. The fourth-order valence-electron chi connectivity index (χ4n) is 3.65. The first-order valence-electron chi connectivity index (χ1n) is 9.64. The van der Waals surface area contributed by atoms with E-state index in [1.807, 2.05) is 36.7 Å². The number of H-pyrrole nitrogens is 1. The molecule has 5 rings (SSSR count). The van der Waals surface area contributed by atoms with Gasteiger partial charge in [0.05, 0.1) is 16.6 Å². The van der Waals surface area contributed by atoms with E-state index < -0.39 is 0 Å². The quantitative estimate of drug-likeness (QED) is 0.480. The molecule has 1 aromatic carbocycles. The maximum Gasteiger partial charge on any atom is 0.134 e. The molecule has 27 heavy (non-hydrogen) atoms. The monoisotopic (exact) mass is 359 g/mol. The topological polar surface area (TPSA) is 80.5 Å². The lowest BCUT2D eigenvalue weighted by atomic mass is 9.91. The van der Waals surface area contributed by atoms with Crippen LogP contribution in [-0.2, 0) is 0 Å². The van der Waals surface area contributed by atoms with Gasteiger partial charge in [-0.3, -0.25) is 4.98 Å². The molecule has 0 radical (unpaired) electrons. The number of hydrogen-bond acceptors (Lipinski definition) is 4. The van der Waals surface area contributed by atoms with E-state index in [-0.39, 0.29) is 0 Å². The highest BCUT2D eigenvalue weighted by Gasteiger charge is 2.06. The molecule has 3 heterocycles. The summed E-state index contributed by atoms with van der Waals surface area (Å²) in [5, 5.41) is 0.858. The van der Waals surface area contributed by atoms with Crippen LogP contribution in [0.15, 0.2) is 49.1 Å². The van der Waals surface area contributed by atoms with Crippen LogP contribution in [0, 0.1) is 5.92 Å². The van der Waals surface area contributed by atoms with Gasteiger partial charge in [0, 0.05) is 23.3 Å². The Balaban J connectivity index is 0.000000218. The Morgan fingerprint density at radius 1 is 0.926 bits per heavy atom. The summed E-state index contributed by atoms with van der Waals surface area (Å²) >= 11 is 0. The van der Waals surface area contributed by atoms with Crippen LogP contribution in [0.4, 0.5) is 5.82 Å². The second-order valence-corrected chi connectivity index (χ2v) is 7.37. The Morgan fingerprint density at radius 2 is 1.78 bits per heavy atom. The van der Waals surface area contributed by atoms with Crippen LogP contribution < -0.4 is 5.73 Å². The molecule has 0 spiro atoms. The highest BCUT2D eigenvalue weighted by atomic mass is 14.9. The Bertz CT molecular complexity index is 1050. The third-order valence-electron chi connectivity index (χ3n) is 5.29. The molecule has 138 valence electrons. The number of nitrogens with two attached hydrogens (primary N) is 1. The van der Waals surface area contributed by atoms with E-state index in [0.717, 1.165) is 39.0 Å². The van der Waals surface area contributed by atoms with Crippen molar-refractivity contribution in [3.8, 4) is 11.1 Å². The van der Waals surface area contributed by atoms with E-state index in [2.05, 4.69) is 32.9 Å². The second-order valence-electron chi connectivity index (χ2n) is 7.37. The van der Waals surface area contributed by atoms with E-state index in [1.165, 1.54) is 38.4 Å². The highest BCUT2D eigenvalue weighted by molar-refractivity contribution is 5.92. The third kappa shape index (κ3) is 3.92. The van der Waals surface area contributed by atoms with Gasteiger partial charge in [-0.15, -0.1) is 0 Å². The molecule has 4 aromatic rings. The minimum absolute atomic E-state index is 0.491. The van der Waals surface area contributed by atoms with Crippen molar-refractivity contribution in [3.63, 3.8) is 0 Å². The number of hydrogen-bond donors (Lipinski definition) is 2. The maximum atomic E-state index is 5.90. The van der Waals surface area contributed by atoms with Gasteiger partial charge in [0.2, 0.25) is 0 Å². The van der Waals surface area contributed by atoms with E-state index >= 15 is 0 Å². The van der Waals surface area contributed by atoms with Crippen molar-refractivity contribution in [1.82, 2.24) is 19.9 Å². The lowest BCUT2D eigenvalue weighted by Crippen LogP contribution is -1.99. The van der Waals surface area contributed by atoms with Crippen LogP contribution in [0.3, 0.4) is 0 Å². The number of aromatic nitrogens is 4. The molecule has 1 saturated carbocycles. The van der Waals surface area contributed by atoms with Gasteiger partial charge < -0.3 is 10.7 Å². The molecule has 1 aliphatic carbocycles. The largest absolute Gasteiger partial charge is 0.383 e. The predicted octanol–water partition coefficient (Wildman–Crippen LogP) is 5.34. The molecular weight excluding hydrogens is 334 g/mol. The molecule has 1 aliphatic rings. The van der Waals surface area contributed by atoms with E-state index in [1.54, 1.807) is 0 Å². The van der Waals surface area contributed by atoms with Crippen LogP contribution >= 0.6 is 0 Å². The molecule has 0 amide bonds. The molecule has 3 aromatic heterocycles. The van der Waals surface area contributed by atoms with E-state index in [0.29, 0.717) is 5.82 Å². The van der Waals surface area contributed by atoms with Crippen molar-refractivity contribution in [2.24, 2.45) is 5.92 Å². The summed E-state index contributed by atoms with van der Waals surface area (Å²) in [7, 11) is 0. The summed E-state index contributed by atoms with van der Waals surface area (Å²) in [6, 6.07) is 9.98. The number of rotatable bonds is 1. The van der Waals surface area contributed by atoms with Crippen LogP contribution in [-0.4, -0.2) is 19.9 Å². The van der Waals surface area contributed by atoms with Gasteiger partial charge in [-0.2, -0.15) is 0 Å². The lowest BCUT2D eigenvalue weighted by molar-refractivity contribution is 0.385. The SMILES string of the molecule is CC1CCCCC1.Nc1ncnc2ccc(-c3cnc4cc[nH]c4c3)cc12. The van der Waals surface area contributed by atoms with Crippen molar-refractivity contribution in [2.75, 3.05) is 5.73 Å². The molecule has 1 fully saturated rings. The molecule has 3 N–H and O–H groups in total. The zero-order valence-electron chi connectivity index (χ0n) is 15.7. The summed E-state index contributed by atoms with van der Waals surface area (Å²) in [6.45, 7) is 2.36. The summed E-state index contributed by atoms with van der Waals surface area (Å²) in [4.78, 5) is 15.8. The van der Waals surface area contributed by atoms with Gasteiger partial charge in [0.1, 0.15) is 12.1 Å². The molecule has 0 aliphatic heterocycles. The maximum absolute atomic E-state index is 5.90. The van der Waals surface area contributed by atoms with Gasteiger partial charge in [-0.05, 0) is 35.7 Å². The summed E-state index contributed by atoms with van der Waals surface area (Å²) < 4.78 is 0. The molecule has 0 unspecified atom stereocenters. The Morgan fingerprint density at radius 3 is 2.56 bits per heavy atom. The first kappa shape index (κ1) is 17.5. The minimum Gasteiger partial charge on any atom is -0.383 e. The molecule has 0 bridgehead atoms. The van der Waals surface area contributed by atoms with Gasteiger partial charge in [-0.25, -0.2) is 9.97 Å². The van der Waals surface area contributed by atoms with Crippen molar-refractivity contribution in [1.29, 1.82) is 0 Å². The second kappa shape index (κ2) is 7.74. The summed E-state index contributed by atoms with van der Waals surface area (Å²) in [6.07, 6.45) is 12.7. The number of fused-ring (bicyclic) bond motifs is 2. The molecule has 5 nitrogen and oxygen atoms in total. The van der Waals surface area contributed by atoms with Crippen LogP contribution in [0.25, 0.3) is 33.1 Å². The molecule has 5 heteroatoms. The normalized spacial score (nSPS) is 14.9. The van der Waals surface area contributed by atoms with Crippen molar-refractivity contribution >= 4 is 27.8 Å². The predicted molar refractivity (Wildman–Crippen MR) is 111 cm³/mol. The van der Waals surface area contributed by atoms with Crippen LogP contribution in [0.2, 0.25) is 0 Å². The average molecular weight is 359 g/mol. The Kier molecular flexibility index (Phi) is 5.01. The standard InChI is InChI=1S/C15H11N5.C7H14/c16-15-11-5-9(1-2-12(11)19-8-20-15)10-6-14-13(18-7-10)3-4-17-14;1-7-5-3-2-4-6-7/h1-8,17H,(H2,16,19,20);7H,2-6H2,1H3. The Hall–Kier alpha value is -2.95. The first-order valence-corrected chi connectivity index (χ1v) is 9.64.